The highest BCUT2D eigenvalue weighted by atomic mass is 19.3. The van der Waals surface area contributed by atoms with Crippen LogP contribution in [0.3, 0.4) is 0 Å². The molecular formula is C17H24F2O4. The van der Waals surface area contributed by atoms with Gasteiger partial charge in [-0.05, 0) is 56.3 Å². The minimum Gasteiger partial charge on any atom is -0.465 e. The van der Waals surface area contributed by atoms with E-state index in [0.717, 1.165) is 25.7 Å². The van der Waals surface area contributed by atoms with Crippen LogP contribution >= 0.6 is 0 Å². The van der Waals surface area contributed by atoms with Crippen LogP contribution in [-0.2, 0) is 19.1 Å². The minimum absolute atomic E-state index is 0.00160. The third kappa shape index (κ3) is 2.96. The Morgan fingerprint density at radius 1 is 1.17 bits per heavy atom. The van der Waals surface area contributed by atoms with Crippen LogP contribution in [0.2, 0.25) is 0 Å². The molecule has 130 valence electrons. The summed E-state index contributed by atoms with van der Waals surface area (Å²) in [4.78, 5) is 24.0. The van der Waals surface area contributed by atoms with Crippen LogP contribution in [0.15, 0.2) is 0 Å². The number of rotatable bonds is 5. The molecule has 0 spiro atoms. The van der Waals surface area contributed by atoms with Crippen LogP contribution in [-0.4, -0.2) is 30.6 Å². The van der Waals surface area contributed by atoms with Gasteiger partial charge in [-0.1, -0.05) is 6.92 Å². The molecule has 4 aliphatic rings. The molecule has 0 heterocycles. The summed E-state index contributed by atoms with van der Waals surface area (Å²) in [5.41, 5.74) is -0.483. The first kappa shape index (κ1) is 16.7. The Morgan fingerprint density at radius 2 is 1.78 bits per heavy atom. The average Bonchev–Trinajstić information content (AvgIpc) is 2.46. The summed E-state index contributed by atoms with van der Waals surface area (Å²) in [6.45, 7) is 2.93. The number of carbonyl (C=O) groups excluding carboxylic acids is 2. The molecular weight excluding hydrogens is 306 g/mol. The number of esters is 2. The van der Waals surface area contributed by atoms with E-state index in [1.165, 1.54) is 0 Å². The molecule has 4 fully saturated rings. The smallest absolute Gasteiger partial charge is 0.376 e. The van der Waals surface area contributed by atoms with Crippen LogP contribution in [0, 0.1) is 23.2 Å². The molecule has 0 aromatic carbocycles. The minimum atomic E-state index is -3.47. The second-order valence-electron chi connectivity index (χ2n) is 7.64. The van der Waals surface area contributed by atoms with Crippen LogP contribution in [0.5, 0.6) is 0 Å². The van der Waals surface area contributed by atoms with Crippen molar-refractivity contribution in [2.75, 3.05) is 6.61 Å². The second-order valence-corrected chi connectivity index (χ2v) is 7.64. The van der Waals surface area contributed by atoms with E-state index in [2.05, 4.69) is 0 Å². The Balaban J connectivity index is 1.72. The summed E-state index contributed by atoms with van der Waals surface area (Å²) in [5.74, 6) is -4.64. The van der Waals surface area contributed by atoms with Crippen molar-refractivity contribution in [1.29, 1.82) is 0 Å². The zero-order chi connectivity index (χ0) is 16.8. The fourth-order valence-corrected chi connectivity index (χ4v) is 5.00. The number of hydrogen-bond donors (Lipinski definition) is 0. The van der Waals surface area contributed by atoms with E-state index in [-0.39, 0.29) is 17.8 Å². The Hall–Kier alpha value is -1.20. The number of hydrogen-bond acceptors (Lipinski definition) is 4. The first-order valence-electron chi connectivity index (χ1n) is 8.51. The molecule has 4 nitrogen and oxygen atoms in total. The van der Waals surface area contributed by atoms with E-state index >= 15 is 0 Å². The van der Waals surface area contributed by atoms with Crippen LogP contribution in [0.4, 0.5) is 8.78 Å². The lowest BCUT2D eigenvalue weighted by Crippen LogP contribution is -2.58. The average molecular weight is 330 g/mol. The maximum absolute atomic E-state index is 13.1. The lowest BCUT2D eigenvalue weighted by molar-refractivity contribution is -0.207. The van der Waals surface area contributed by atoms with Crippen molar-refractivity contribution in [2.45, 2.75) is 64.4 Å². The van der Waals surface area contributed by atoms with Crippen molar-refractivity contribution in [1.82, 2.24) is 0 Å². The SMILES string of the molecule is CCCOC(=O)C12CC3CC(C1)C(OC(=O)C(C)(F)F)C(C3)C2. The zero-order valence-corrected chi connectivity index (χ0v) is 13.6. The van der Waals surface area contributed by atoms with E-state index in [1.807, 2.05) is 6.92 Å². The highest BCUT2D eigenvalue weighted by Gasteiger charge is 2.60. The largest absolute Gasteiger partial charge is 0.465 e. The zero-order valence-electron chi connectivity index (χ0n) is 13.6. The van der Waals surface area contributed by atoms with Gasteiger partial charge in [0.15, 0.2) is 0 Å². The molecule has 2 unspecified atom stereocenters. The Bertz CT molecular complexity index is 483. The summed E-state index contributed by atoms with van der Waals surface area (Å²) in [6.07, 6.45) is 4.03. The third-order valence-electron chi connectivity index (χ3n) is 5.66. The van der Waals surface area contributed by atoms with Gasteiger partial charge >= 0.3 is 17.9 Å². The van der Waals surface area contributed by atoms with Gasteiger partial charge in [-0.3, -0.25) is 4.79 Å². The monoisotopic (exact) mass is 330 g/mol. The van der Waals surface area contributed by atoms with Gasteiger partial charge in [0.1, 0.15) is 6.10 Å². The molecule has 0 saturated heterocycles. The van der Waals surface area contributed by atoms with Crippen molar-refractivity contribution >= 4 is 11.9 Å². The topological polar surface area (TPSA) is 52.6 Å². The molecule has 4 rings (SSSR count). The van der Waals surface area contributed by atoms with E-state index < -0.39 is 23.4 Å². The quantitative estimate of drug-likeness (QED) is 0.726. The molecule has 0 aromatic rings. The molecule has 4 bridgehead atoms. The van der Waals surface area contributed by atoms with E-state index in [4.69, 9.17) is 9.47 Å². The molecule has 0 radical (unpaired) electrons. The molecule has 4 aliphatic carbocycles. The lowest BCUT2D eigenvalue weighted by atomic mass is 9.48. The third-order valence-corrected chi connectivity index (χ3v) is 5.66. The van der Waals surface area contributed by atoms with Gasteiger partial charge < -0.3 is 9.47 Å². The summed E-state index contributed by atoms with van der Waals surface area (Å²) < 4.78 is 36.8. The van der Waals surface area contributed by atoms with Crippen LogP contribution in [0.25, 0.3) is 0 Å². The maximum Gasteiger partial charge on any atom is 0.376 e. The highest BCUT2D eigenvalue weighted by molar-refractivity contribution is 5.78. The maximum atomic E-state index is 13.1. The van der Waals surface area contributed by atoms with Gasteiger partial charge in [0.05, 0.1) is 12.0 Å². The van der Waals surface area contributed by atoms with Gasteiger partial charge in [0.2, 0.25) is 0 Å². The van der Waals surface area contributed by atoms with E-state index in [1.54, 1.807) is 0 Å². The summed E-state index contributed by atoms with van der Waals surface area (Å²) in [5, 5.41) is 0. The standard InChI is InChI=1S/C17H24F2O4/c1-3-4-22-15(21)17-7-10-5-11(8-17)13(12(6-10)9-17)23-14(20)16(2,18)19/h10-13H,3-9H2,1-2H3. The summed E-state index contributed by atoms with van der Waals surface area (Å²) in [6, 6.07) is 0. The Morgan fingerprint density at radius 3 is 2.30 bits per heavy atom. The van der Waals surface area contributed by atoms with Crippen molar-refractivity contribution in [2.24, 2.45) is 23.2 Å². The molecule has 2 atom stereocenters. The van der Waals surface area contributed by atoms with E-state index in [0.29, 0.717) is 32.3 Å². The fourth-order valence-electron chi connectivity index (χ4n) is 5.00. The van der Waals surface area contributed by atoms with Crippen molar-refractivity contribution in [3.8, 4) is 0 Å². The van der Waals surface area contributed by atoms with Gasteiger partial charge in [0.25, 0.3) is 0 Å². The Labute approximate surface area is 134 Å². The molecule has 0 N–H and O–H groups in total. The van der Waals surface area contributed by atoms with Crippen LogP contribution < -0.4 is 0 Å². The van der Waals surface area contributed by atoms with Crippen molar-refractivity contribution < 1.29 is 27.8 Å². The van der Waals surface area contributed by atoms with Gasteiger partial charge in [-0.2, -0.15) is 8.78 Å². The molecule has 0 amide bonds. The van der Waals surface area contributed by atoms with Gasteiger partial charge in [0, 0.05) is 6.92 Å². The number of alkyl halides is 2. The van der Waals surface area contributed by atoms with E-state index in [9.17, 15) is 18.4 Å². The molecule has 0 aliphatic heterocycles. The first-order chi connectivity index (χ1) is 10.7. The van der Waals surface area contributed by atoms with Gasteiger partial charge in [-0.15, -0.1) is 0 Å². The van der Waals surface area contributed by atoms with Crippen LogP contribution in [0.1, 0.15) is 52.4 Å². The number of carbonyl (C=O) groups is 2. The number of halogens is 2. The molecule has 6 heteroatoms. The molecule has 23 heavy (non-hydrogen) atoms. The highest BCUT2D eigenvalue weighted by Crippen LogP contribution is 2.61. The molecule has 4 saturated carbocycles. The predicted molar refractivity (Wildman–Crippen MR) is 77.7 cm³/mol. The van der Waals surface area contributed by atoms with Gasteiger partial charge in [-0.25, -0.2) is 4.79 Å². The number of ether oxygens (including phenoxy) is 2. The Kier molecular flexibility index (Phi) is 4.13. The summed E-state index contributed by atoms with van der Waals surface area (Å²) >= 11 is 0. The van der Waals surface area contributed by atoms with Crippen molar-refractivity contribution in [3.05, 3.63) is 0 Å². The fraction of sp³-hybridized carbons (Fsp3) is 0.882. The lowest BCUT2D eigenvalue weighted by Gasteiger charge is -2.57. The predicted octanol–water partition coefficient (Wildman–Crippen LogP) is 3.33. The molecule has 0 aromatic heterocycles. The normalized spacial score (nSPS) is 38.4. The second kappa shape index (κ2) is 5.71. The first-order valence-corrected chi connectivity index (χ1v) is 8.51. The van der Waals surface area contributed by atoms with Crippen molar-refractivity contribution in [3.63, 3.8) is 0 Å². The summed E-state index contributed by atoms with van der Waals surface area (Å²) in [7, 11) is 0.